The molecule has 0 saturated heterocycles. The molecule has 3 rings (SSSR count). The Labute approximate surface area is 181 Å². The molecule has 1 aliphatic heterocycles. The summed E-state index contributed by atoms with van der Waals surface area (Å²) in [5.41, 5.74) is 0.723. The molecule has 0 saturated carbocycles. The topological polar surface area (TPSA) is 95.6 Å². The van der Waals surface area contributed by atoms with E-state index >= 15 is 0 Å². The molecular formula is C21H27N3O4S2. The molecule has 1 aromatic heterocycles. The summed E-state index contributed by atoms with van der Waals surface area (Å²) in [6.45, 7) is 6.48. The van der Waals surface area contributed by atoms with Crippen LogP contribution in [0.3, 0.4) is 0 Å². The van der Waals surface area contributed by atoms with Gasteiger partial charge in [0.15, 0.2) is 0 Å². The first-order valence-electron chi connectivity index (χ1n) is 9.81. The van der Waals surface area contributed by atoms with E-state index in [1.165, 1.54) is 16.5 Å². The molecule has 9 heteroatoms. The number of nitrogens with one attached hydrogen (secondary N) is 2. The van der Waals surface area contributed by atoms with E-state index in [0.717, 1.165) is 6.42 Å². The fraction of sp³-hybridized carbons (Fsp3) is 0.429. The molecule has 0 radical (unpaired) electrons. The molecular weight excluding hydrogens is 422 g/mol. The van der Waals surface area contributed by atoms with Crippen molar-refractivity contribution in [2.24, 2.45) is 0 Å². The van der Waals surface area contributed by atoms with Crippen molar-refractivity contribution >= 4 is 38.9 Å². The number of para-hydroxylation sites is 1. The third-order valence-corrected chi connectivity index (χ3v) is 7.46. The molecule has 2 amide bonds. The van der Waals surface area contributed by atoms with Crippen LogP contribution in [0, 0.1) is 0 Å². The molecule has 2 N–H and O–H groups in total. The molecule has 0 atom stereocenters. The first kappa shape index (κ1) is 22.5. The zero-order valence-corrected chi connectivity index (χ0v) is 19.0. The molecule has 162 valence electrons. The van der Waals surface area contributed by atoms with Crippen LogP contribution in [0.1, 0.15) is 44.1 Å². The SMILES string of the molecule is CC(C)(C)NS(=O)(=O)c1ccccc1NC(=O)CCC(=O)N1CCc2sccc2C1. The molecule has 7 nitrogen and oxygen atoms in total. The Bertz CT molecular complexity index is 1040. The Hall–Kier alpha value is -2.23. The number of amides is 2. The summed E-state index contributed by atoms with van der Waals surface area (Å²) in [4.78, 5) is 28.0. The number of rotatable bonds is 6. The van der Waals surface area contributed by atoms with Crippen LogP contribution < -0.4 is 10.0 Å². The van der Waals surface area contributed by atoms with Crippen LogP contribution in [-0.2, 0) is 32.6 Å². The first-order chi connectivity index (χ1) is 14.0. The van der Waals surface area contributed by atoms with Gasteiger partial charge in [0.25, 0.3) is 0 Å². The van der Waals surface area contributed by atoms with E-state index in [9.17, 15) is 18.0 Å². The lowest BCUT2D eigenvalue weighted by Crippen LogP contribution is -2.40. The summed E-state index contributed by atoms with van der Waals surface area (Å²) < 4.78 is 27.9. The van der Waals surface area contributed by atoms with Crippen molar-refractivity contribution in [3.05, 3.63) is 46.2 Å². The fourth-order valence-corrected chi connectivity index (χ4v) is 5.79. The Kier molecular flexibility index (Phi) is 6.64. The number of carbonyl (C=O) groups excluding carboxylic acids is 2. The van der Waals surface area contributed by atoms with Crippen molar-refractivity contribution < 1.29 is 18.0 Å². The molecule has 0 bridgehead atoms. The third-order valence-electron chi connectivity index (χ3n) is 4.62. The molecule has 0 aliphatic carbocycles. The smallest absolute Gasteiger partial charge is 0.243 e. The zero-order valence-electron chi connectivity index (χ0n) is 17.4. The van der Waals surface area contributed by atoms with Crippen LogP contribution in [0.15, 0.2) is 40.6 Å². The summed E-state index contributed by atoms with van der Waals surface area (Å²) in [6.07, 6.45) is 0.921. The molecule has 1 aromatic carbocycles. The molecule has 0 spiro atoms. The second-order valence-electron chi connectivity index (χ2n) is 8.33. The highest BCUT2D eigenvalue weighted by Crippen LogP contribution is 2.25. The quantitative estimate of drug-likeness (QED) is 0.708. The van der Waals surface area contributed by atoms with Gasteiger partial charge in [0, 0.05) is 36.3 Å². The molecule has 30 heavy (non-hydrogen) atoms. The summed E-state index contributed by atoms with van der Waals surface area (Å²) in [5, 5.41) is 4.68. The summed E-state index contributed by atoms with van der Waals surface area (Å²) in [6, 6.07) is 8.28. The van der Waals surface area contributed by atoms with Gasteiger partial charge in [0.1, 0.15) is 4.90 Å². The number of benzene rings is 1. The predicted molar refractivity (Wildman–Crippen MR) is 118 cm³/mol. The van der Waals surface area contributed by atoms with Crippen molar-refractivity contribution in [3.63, 3.8) is 0 Å². The van der Waals surface area contributed by atoms with Gasteiger partial charge in [-0.05, 0) is 56.3 Å². The van der Waals surface area contributed by atoms with Crippen LogP contribution in [0.5, 0.6) is 0 Å². The lowest BCUT2D eigenvalue weighted by molar-refractivity contribution is -0.133. The van der Waals surface area contributed by atoms with Gasteiger partial charge in [-0.1, -0.05) is 12.1 Å². The number of hydrogen-bond acceptors (Lipinski definition) is 5. The van der Waals surface area contributed by atoms with Crippen molar-refractivity contribution in [1.82, 2.24) is 9.62 Å². The van der Waals surface area contributed by atoms with E-state index in [1.807, 2.05) is 11.4 Å². The average Bonchev–Trinajstić information content (AvgIpc) is 3.12. The van der Waals surface area contributed by atoms with Gasteiger partial charge in [-0.15, -0.1) is 11.3 Å². The standard InChI is InChI=1S/C21H27N3O4S2/c1-21(2,3)23-30(27,28)18-7-5-4-6-16(18)22-19(25)8-9-20(26)24-12-10-17-15(14-24)11-13-29-17/h4-7,11,13,23H,8-10,12,14H2,1-3H3,(H,22,25). The average molecular weight is 450 g/mol. The van der Waals surface area contributed by atoms with Gasteiger partial charge in [-0.2, -0.15) is 0 Å². The van der Waals surface area contributed by atoms with Gasteiger partial charge >= 0.3 is 0 Å². The van der Waals surface area contributed by atoms with E-state index in [-0.39, 0.29) is 29.3 Å². The lowest BCUT2D eigenvalue weighted by atomic mass is 10.1. The maximum Gasteiger partial charge on any atom is 0.243 e. The van der Waals surface area contributed by atoms with Crippen molar-refractivity contribution in [3.8, 4) is 0 Å². The normalized spacial score (nSPS) is 14.3. The minimum Gasteiger partial charge on any atom is -0.338 e. The van der Waals surface area contributed by atoms with E-state index in [1.54, 1.807) is 55.2 Å². The van der Waals surface area contributed by atoms with Crippen molar-refractivity contribution in [1.29, 1.82) is 0 Å². The minimum atomic E-state index is -3.80. The Morgan fingerprint density at radius 3 is 2.60 bits per heavy atom. The Balaban J connectivity index is 1.60. The maximum atomic E-state index is 12.7. The molecule has 1 aliphatic rings. The highest BCUT2D eigenvalue weighted by Gasteiger charge is 2.25. The van der Waals surface area contributed by atoms with E-state index in [2.05, 4.69) is 10.0 Å². The summed E-state index contributed by atoms with van der Waals surface area (Å²) >= 11 is 1.71. The summed E-state index contributed by atoms with van der Waals surface area (Å²) in [7, 11) is -3.80. The second kappa shape index (κ2) is 8.87. The van der Waals surface area contributed by atoms with Crippen LogP contribution in [0.25, 0.3) is 0 Å². The second-order valence-corrected chi connectivity index (χ2v) is 11.0. The van der Waals surface area contributed by atoms with Crippen molar-refractivity contribution in [2.75, 3.05) is 11.9 Å². The van der Waals surface area contributed by atoms with Crippen LogP contribution in [0.4, 0.5) is 5.69 Å². The monoisotopic (exact) mass is 449 g/mol. The third kappa shape index (κ3) is 5.68. The number of carbonyl (C=O) groups is 2. The number of fused-ring (bicyclic) bond motifs is 1. The molecule has 2 heterocycles. The number of nitrogens with zero attached hydrogens (tertiary/aromatic N) is 1. The highest BCUT2D eigenvalue weighted by molar-refractivity contribution is 7.89. The van der Waals surface area contributed by atoms with Crippen molar-refractivity contribution in [2.45, 2.75) is 57.0 Å². The van der Waals surface area contributed by atoms with Gasteiger partial charge in [0.05, 0.1) is 5.69 Å². The minimum absolute atomic E-state index is 0.000573. The molecule has 0 fully saturated rings. The van der Waals surface area contributed by atoms with Crippen LogP contribution in [0.2, 0.25) is 0 Å². The Morgan fingerprint density at radius 1 is 1.13 bits per heavy atom. The van der Waals surface area contributed by atoms with Crippen LogP contribution >= 0.6 is 11.3 Å². The van der Waals surface area contributed by atoms with Gasteiger partial charge in [0.2, 0.25) is 21.8 Å². The van der Waals surface area contributed by atoms with Gasteiger partial charge < -0.3 is 10.2 Å². The van der Waals surface area contributed by atoms with E-state index < -0.39 is 21.5 Å². The van der Waals surface area contributed by atoms with E-state index in [0.29, 0.717) is 13.1 Å². The van der Waals surface area contributed by atoms with Gasteiger partial charge in [-0.25, -0.2) is 13.1 Å². The fourth-order valence-electron chi connectivity index (χ4n) is 3.31. The Morgan fingerprint density at radius 2 is 1.87 bits per heavy atom. The largest absolute Gasteiger partial charge is 0.338 e. The highest BCUT2D eigenvalue weighted by atomic mass is 32.2. The van der Waals surface area contributed by atoms with E-state index in [4.69, 9.17) is 0 Å². The zero-order chi connectivity index (χ0) is 21.9. The lowest BCUT2D eigenvalue weighted by Gasteiger charge is -2.27. The predicted octanol–water partition coefficient (Wildman–Crippen LogP) is 3.13. The number of sulfonamides is 1. The number of thiophene rings is 1. The summed E-state index contributed by atoms with van der Waals surface area (Å²) in [5.74, 6) is -0.465. The molecule has 2 aromatic rings. The maximum absolute atomic E-state index is 12.7. The number of hydrogen-bond donors (Lipinski definition) is 2. The molecule has 0 unspecified atom stereocenters. The number of anilines is 1. The van der Waals surface area contributed by atoms with Crippen LogP contribution in [-0.4, -0.2) is 37.2 Å². The first-order valence-corrected chi connectivity index (χ1v) is 12.2. The van der Waals surface area contributed by atoms with Gasteiger partial charge in [-0.3, -0.25) is 9.59 Å².